The molecule has 8 heteroatoms. The van der Waals surface area contributed by atoms with Gasteiger partial charge in [-0.2, -0.15) is 0 Å². The van der Waals surface area contributed by atoms with Crippen molar-refractivity contribution in [1.82, 2.24) is 0 Å². The van der Waals surface area contributed by atoms with Gasteiger partial charge in [0.05, 0.1) is 85.9 Å². The fourth-order valence-corrected chi connectivity index (χ4v) is 3.52. The molecule has 1 aromatic carbocycles. The van der Waals surface area contributed by atoms with Crippen LogP contribution >= 0.6 is 0 Å². The van der Waals surface area contributed by atoms with Crippen LogP contribution in [0.1, 0.15) is 57.4 Å². The molecule has 0 unspecified atom stereocenters. The molecule has 0 radical (unpaired) electrons. The van der Waals surface area contributed by atoms with Gasteiger partial charge in [0.25, 0.3) is 0 Å². The van der Waals surface area contributed by atoms with Gasteiger partial charge in [-0.3, -0.25) is 0 Å². The third-order valence-electron chi connectivity index (χ3n) is 5.58. The molecule has 0 spiro atoms. The minimum atomic E-state index is 0.0344. The predicted molar refractivity (Wildman–Crippen MR) is 146 cm³/mol. The Morgan fingerprint density at radius 1 is 0.486 bits per heavy atom. The van der Waals surface area contributed by atoms with Gasteiger partial charge >= 0.3 is 0 Å². The molecule has 216 valence electrons. The standard InChI is InChI=1S/C29H52O8/c1-2-3-4-5-6-7-8-9-28-10-12-29(13-11-28)37-27-26-36-25-24-35-23-22-34-21-20-33-19-18-32-17-16-31-15-14-30/h10-13,30H,2-9,14-27H2,1H3. The number of rotatable bonds is 29. The SMILES string of the molecule is CCCCCCCCCc1ccc(OCCOCCOCCOCCOCCOCCOCCO)cc1. The molecule has 0 aromatic heterocycles. The lowest BCUT2D eigenvalue weighted by molar-refractivity contribution is -0.0191. The monoisotopic (exact) mass is 528 g/mol. The Kier molecular flexibility index (Phi) is 25.3. The molecule has 1 rings (SSSR count). The molecule has 0 heterocycles. The maximum atomic E-state index is 8.57. The van der Waals surface area contributed by atoms with Crippen LogP contribution in [-0.2, 0) is 34.8 Å². The Labute approximate surface area is 224 Å². The Morgan fingerprint density at radius 3 is 1.35 bits per heavy atom. The lowest BCUT2D eigenvalue weighted by atomic mass is 10.0. The fraction of sp³-hybridized carbons (Fsp3) is 0.793. The summed E-state index contributed by atoms with van der Waals surface area (Å²) in [5.41, 5.74) is 1.38. The highest BCUT2D eigenvalue weighted by atomic mass is 16.6. The van der Waals surface area contributed by atoms with Crippen LogP contribution in [0.2, 0.25) is 0 Å². The van der Waals surface area contributed by atoms with Gasteiger partial charge in [0.2, 0.25) is 0 Å². The van der Waals surface area contributed by atoms with Gasteiger partial charge in [0.15, 0.2) is 0 Å². The van der Waals surface area contributed by atoms with E-state index in [0.717, 1.165) is 12.2 Å². The average Bonchev–Trinajstić information content (AvgIpc) is 2.92. The largest absolute Gasteiger partial charge is 0.491 e. The summed E-state index contributed by atoms with van der Waals surface area (Å²) in [7, 11) is 0. The smallest absolute Gasteiger partial charge is 0.119 e. The van der Waals surface area contributed by atoms with Crippen molar-refractivity contribution in [2.24, 2.45) is 0 Å². The van der Waals surface area contributed by atoms with E-state index in [1.165, 1.54) is 50.5 Å². The van der Waals surface area contributed by atoms with E-state index in [1.807, 2.05) is 0 Å². The van der Waals surface area contributed by atoms with E-state index in [9.17, 15) is 0 Å². The molecule has 0 saturated heterocycles. The highest BCUT2D eigenvalue weighted by molar-refractivity contribution is 5.27. The summed E-state index contributed by atoms with van der Waals surface area (Å²) in [5, 5.41) is 8.57. The van der Waals surface area contributed by atoms with Crippen molar-refractivity contribution in [3.8, 4) is 5.75 Å². The van der Waals surface area contributed by atoms with E-state index >= 15 is 0 Å². The first-order valence-electron chi connectivity index (χ1n) is 14.2. The van der Waals surface area contributed by atoms with Crippen molar-refractivity contribution in [2.75, 3.05) is 92.5 Å². The molecule has 0 aliphatic carbocycles. The fourth-order valence-electron chi connectivity index (χ4n) is 3.52. The molecule has 8 nitrogen and oxygen atoms in total. The normalized spacial score (nSPS) is 11.3. The van der Waals surface area contributed by atoms with Crippen LogP contribution in [0.25, 0.3) is 0 Å². The summed E-state index contributed by atoms with van der Waals surface area (Å²) in [6.07, 6.45) is 10.5. The molecule has 1 N–H and O–H groups in total. The zero-order valence-corrected chi connectivity index (χ0v) is 23.2. The van der Waals surface area contributed by atoms with E-state index in [2.05, 4.69) is 31.2 Å². The van der Waals surface area contributed by atoms with Gasteiger partial charge in [0, 0.05) is 0 Å². The summed E-state index contributed by atoms with van der Waals surface area (Å²) in [6, 6.07) is 8.44. The van der Waals surface area contributed by atoms with E-state index in [4.69, 9.17) is 38.3 Å². The van der Waals surface area contributed by atoms with E-state index in [1.54, 1.807) is 0 Å². The van der Waals surface area contributed by atoms with Crippen LogP contribution in [0, 0.1) is 0 Å². The maximum absolute atomic E-state index is 8.57. The quantitative estimate of drug-likeness (QED) is 0.153. The van der Waals surface area contributed by atoms with Crippen molar-refractivity contribution in [3.05, 3.63) is 29.8 Å². The summed E-state index contributed by atoms with van der Waals surface area (Å²) in [6.45, 7) is 8.90. The van der Waals surface area contributed by atoms with Crippen LogP contribution < -0.4 is 4.74 Å². The number of hydrogen-bond donors (Lipinski definition) is 1. The minimum Gasteiger partial charge on any atom is -0.491 e. The molecule has 0 fully saturated rings. The molecular weight excluding hydrogens is 476 g/mol. The first kappa shape index (κ1) is 33.8. The van der Waals surface area contributed by atoms with Crippen LogP contribution in [0.5, 0.6) is 5.75 Å². The van der Waals surface area contributed by atoms with Gasteiger partial charge in [-0.15, -0.1) is 0 Å². The Bertz CT molecular complexity index is 570. The lowest BCUT2D eigenvalue weighted by Gasteiger charge is -2.09. The number of aryl methyl sites for hydroxylation is 1. The topological polar surface area (TPSA) is 84.8 Å². The number of hydrogen-bond acceptors (Lipinski definition) is 8. The molecule has 0 bridgehead atoms. The van der Waals surface area contributed by atoms with Crippen LogP contribution in [0.15, 0.2) is 24.3 Å². The molecule has 0 atom stereocenters. The van der Waals surface area contributed by atoms with Crippen molar-refractivity contribution in [2.45, 2.75) is 58.3 Å². The summed E-state index contributed by atoms with van der Waals surface area (Å²) < 4.78 is 38.1. The zero-order chi connectivity index (χ0) is 26.5. The van der Waals surface area contributed by atoms with E-state index < -0.39 is 0 Å². The number of benzene rings is 1. The predicted octanol–water partition coefficient (Wildman–Crippen LogP) is 4.45. The second kappa shape index (κ2) is 27.8. The van der Waals surface area contributed by atoms with Crippen molar-refractivity contribution < 1.29 is 38.3 Å². The Balaban J connectivity index is 1.79. The lowest BCUT2D eigenvalue weighted by Crippen LogP contribution is -2.15. The minimum absolute atomic E-state index is 0.0344. The number of ether oxygens (including phenoxy) is 7. The summed E-state index contributed by atoms with van der Waals surface area (Å²) >= 11 is 0. The molecular formula is C29H52O8. The van der Waals surface area contributed by atoms with Gasteiger partial charge in [-0.1, -0.05) is 57.6 Å². The number of unbranched alkanes of at least 4 members (excludes halogenated alkanes) is 6. The van der Waals surface area contributed by atoms with Crippen LogP contribution in [-0.4, -0.2) is 97.6 Å². The molecule has 0 aliphatic rings. The van der Waals surface area contributed by atoms with Gasteiger partial charge in [-0.05, 0) is 30.5 Å². The highest BCUT2D eigenvalue weighted by Crippen LogP contribution is 2.15. The number of aliphatic hydroxyl groups excluding tert-OH is 1. The van der Waals surface area contributed by atoms with Gasteiger partial charge in [-0.25, -0.2) is 0 Å². The second-order valence-corrected chi connectivity index (χ2v) is 8.76. The second-order valence-electron chi connectivity index (χ2n) is 8.76. The first-order valence-corrected chi connectivity index (χ1v) is 14.2. The molecule has 37 heavy (non-hydrogen) atoms. The van der Waals surface area contributed by atoms with Crippen molar-refractivity contribution in [3.63, 3.8) is 0 Å². The molecule has 1 aromatic rings. The van der Waals surface area contributed by atoms with Gasteiger partial charge in [0.1, 0.15) is 12.4 Å². The zero-order valence-electron chi connectivity index (χ0n) is 23.2. The van der Waals surface area contributed by atoms with E-state index in [0.29, 0.717) is 85.9 Å². The Hall–Kier alpha value is -1.26. The van der Waals surface area contributed by atoms with Crippen molar-refractivity contribution >= 4 is 0 Å². The summed E-state index contributed by atoms with van der Waals surface area (Å²) in [4.78, 5) is 0. The third kappa shape index (κ3) is 23.6. The van der Waals surface area contributed by atoms with Gasteiger partial charge < -0.3 is 38.3 Å². The highest BCUT2D eigenvalue weighted by Gasteiger charge is 1.98. The average molecular weight is 529 g/mol. The molecule has 0 amide bonds. The Morgan fingerprint density at radius 2 is 0.892 bits per heavy atom. The molecule has 0 saturated carbocycles. The summed E-state index contributed by atoms with van der Waals surface area (Å²) in [5.74, 6) is 0.890. The number of aliphatic hydroxyl groups is 1. The third-order valence-corrected chi connectivity index (χ3v) is 5.58. The molecule has 0 aliphatic heterocycles. The van der Waals surface area contributed by atoms with Crippen molar-refractivity contribution in [1.29, 1.82) is 0 Å². The van der Waals surface area contributed by atoms with Crippen LogP contribution in [0.3, 0.4) is 0 Å². The maximum Gasteiger partial charge on any atom is 0.119 e. The van der Waals surface area contributed by atoms with E-state index in [-0.39, 0.29) is 6.61 Å². The first-order chi connectivity index (χ1) is 18.4. The van der Waals surface area contributed by atoms with Crippen LogP contribution in [0.4, 0.5) is 0 Å².